The van der Waals surface area contributed by atoms with Crippen LogP contribution in [0.1, 0.15) is 23.6 Å². The minimum absolute atomic E-state index is 0.741. The first-order valence-electron chi connectivity index (χ1n) is 6.04. The van der Waals surface area contributed by atoms with Crippen LogP contribution in [0.5, 0.6) is 0 Å². The fourth-order valence-electron chi connectivity index (χ4n) is 1.86. The monoisotopic (exact) mass is 236 g/mol. The zero-order valence-electron chi connectivity index (χ0n) is 10.5. The van der Waals surface area contributed by atoms with Gasteiger partial charge in [0.2, 0.25) is 0 Å². The van der Waals surface area contributed by atoms with Gasteiger partial charge in [-0.2, -0.15) is 0 Å². The Balaban J connectivity index is 2.11. The molecular weight excluding hydrogens is 220 g/mol. The molecule has 0 amide bonds. The van der Waals surface area contributed by atoms with Crippen molar-refractivity contribution in [2.45, 2.75) is 13.3 Å². The molecule has 0 saturated carbocycles. The van der Waals surface area contributed by atoms with Gasteiger partial charge in [-0.15, -0.1) is 0 Å². The van der Waals surface area contributed by atoms with Crippen molar-refractivity contribution in [2.24, 2.45) is 0 Å². The van der Waals surface area contributed by atoms with Gasteiger partial charge >= 0.3 is 0 Å². The lowest BCUT2D eigenvalue weighted by atomic mass is 10.0. The standard InChI is InChI=1S/C17H16O/c1-14(13-18)11-16-7-9-17(10-8-16)12-15-5-3-2-4-6-15/h2-11,13H,12H2,1H3/b14-11+. The van der Waals surface area contributed by atoms with Crippen molar-refractivity contribution in [1.82, 2.24) is 0 Å². The van der Waals surface area contributed by atoms with Crippen LogP contribution >= 0.6 is 0 Å². The molecule has 2 aromatic carbocycles. The quantitative estimate of drug-likeness (QED) is 0.581. The molecule has 0 bridgehead atoms. The van der Waals surface area contributed by atoms with E-state index >= 15 is 0 Å². The van der Waals surface area contributed by atoms with Gasteiger partial charge in [-0.1, -0.05) is 54.6 Å². The fraction of sp³-hybridized carbons (Fsp3) is 0.118. The Morgan fingerprint density at radius 1 is 0.944 bits per heavy atom. The van der Waals surface area contributed by atoms with E-state index < -0.39 is 0 Å². The van der Waals surface area contributed by atoms with E-state index in [-0.39, 0.29) is 0 Å². The van der Waals surface area contributed by atoms with E-state index in [1.807, 2.05) is 31.2 Å². The minimum atomic E-state index is 0.741. The first-order chi connectivity index (χ1) is 8.78. The number of allylic oxidation sites excluding steroid dienone is 1. The molecule has 2 aromatic rings. The summed E-state index contributed by atoms with van der Waals surface area (Å²) in [5, 5.41) is 0. The number of carbonyl (C=O) groups is 1. The van der Waals surface area contributed by atoms with Crippen molar-refractivity contribution in [3.8, 4) is 0 Å². The molecule has 0 aliphatic carbocycles. The highest BCUT2D eigenvalue weighted by atomic mass is 16.1. The third kappa shape index (κ3) is 3.42. The molecule has 0 N–H and O–H groups in total. The summed E-state index contributed by atoms with van der Waals surface area (Å²) in [4.78, 5) is 10.5. The van der Waals surface area contributed by atoms with Gasteiger partial charge < -0.3 is 0 Å². The minimum Gasteiger partial charge on any atom is -0.298 e. The first-order valence-corrected chi connectivity index (χ1v) is 6.04. The van der Waals surface area contributed by atoms with Crippen LogP contribution in [0.15, 0.2) is 60.2 Å². The van der Waals surface area contributed by atoms with Crippen molar-refractivity contribution < 1.29 is 4.79 Å². The number of rotatable bonds is 4. The molecule has 0 heterocycles. The molecule has 0 aromatic heterocycles. The Bertz CT molecular complexity index is 536. The van der Waals surface area contributed by atoms with Gasteiger partial charge in [0, 0.05) is 0 Å². The summed E-state index contributed by atoms with van der Waals surface area (Å²) in [6, 6.07) is 18.7. The van der Waals surface area contributed by atoms with Crippen LogP contribution in [0.4, 0.5) is 0 Å². The number of carbonyl (C=O) groups excluding carboxylic acids is 1. The molecule has 0 saturated heterocycles. The zero-order valence-corrected chi connectivity index (χ0v) is 10.5. The van der Waals surface area contributed by atoms with Gasteiger partial charge in [-0.3, -0.25) is 4.79 Å². The third-order valence-electron chi connectivity index (χ3n) is 2.81. The average molecular weight is 236 g/mol. The molecule has 0 unspecified atom stereocenters. The van der Waals surface area contributed by atoms with Gasteiger partial charge in [0.05, 0.1) is 0 Å². The molecule has 2 rings (SSSR count). The molecular formula is C17H16O. The van der Waals surface area contributed by atoms with Gasteiger partial charge in [-0.05, 0) is 41.7 Å². The van der Waals surface area contributed by atoms with Crippen LogP contribution in [0.2, 0.25) is 0 Å². The summed E-state index contributed by atoms with van der Waals surface area (Å²) in [6.07, 6.45) is 3.70. The maximum absolute atomic E-state index is 10.5. The highest BCUT2D eigenvalue weighted by Crippen LogP contribution is 2.12. The highest BCUT2D eigenvalue weighted by molar-refractivity contribution is 5.80. The van der Waals surface area contributed by atoms with Crippen molar-refractivity contribution in [3.05, 3.63) is 76.9 Å². The second kappa shape index (κ2) is 5.97. The highest BCUT2D eigenvalue weighted by Gasteiger charge is 1.96. The van der Waals surface area contributed by atoms with Gasteiger partial charge in [-0.25, -0.2) is 0 Å². The van der Waals surface area contributed by atoms with Gasteiger partial charge in [0.25, 0.3) is 0 Å². The van der Waals surface area contributed by atoms with Crippen LogP contribution in [0.25, 0.3) is 6.08 Å². The molecule has 18 heavy (non-hydrogen) atoms. The summed E-state index contributed by atoms with van der Waals surface area (Å²) < 4.78 is 0. The summed E-state index contributed by atoms with van der Waals surface area (Å²) in [5.74, 6) is 0. The molecule has 0 spiro atoms. The fourth-order valence-corrected chi connectivity index (χ4v) is 1.86. The van der Waals surface area contributed by atoms with Crippen LogP contribution in [-0.4, -0.2) is 6.29 Å². The molecule has 0 fully saturated rings. The van der Waals surface area contributed by atoms with Crippen LogP contribution in [0, 0.1) is 0 Å². The average Bonchev–Trinajstić information content (AvgIpc) is 2.42. The maximum atomic E-state index is 10.5. The van der Waals surface area contributed by atoms with E-state index in [4.69, 9.17) is 0 Å². The van der Waals surface area contributed by atoms with E-state index in [0.29, 0.717) is 0 Å². The van der Waals surface area contributed by atoms with Gasteiger partial charge in [0.15, 0.2) is 0 Å². The first kappa shape index (κ1) is 12.3. The zero-order chi connectivity index (χ0) is 12.8. The molecule has 1 heteroatoms. The Kier molecular flexibility index (Phi) is 4.08. The maximum Gasteiger partial charge on any atom is 0.145 e. The lowest BCUT2D eigenvalue weighted by molar-refractivity contribution is -0.104. The van der Waals surface area contributed by atoms with E-state index in [1.165, 1.54) is 11.1 Å². The molecule has 90 valence electrons. The number of hydrogen-bond acceptors (Lipinski definition) is 1. The number of hydrogen-bond donors (Lipinski definition) is 0. The topological polar surface area (TPSA) is 17.1 Å². The van der Waals surface area contributed by atoms with Gasteiger partial charge in [0.1, 0.15) is 6.29 Å². The van der Waals surface area contributed by atoms with E-state index in [9.17, 15) is 4.79 Å². The number of benzene rings is 2. The molecule has 0 aliphatic heterocycles. The van der Waals surface area contributed by atoms with Crippen LogP contribution < -0.4 is 0 Å². The number of aldehydes is 1. The Morgan fingerprint density at radius 3 is 2.17 bits per heavy atom. The Morgan fingerprint density at radius 2 is 1.56 bits per heavy atom. The Labute approximate surface area is 108 Å². The van der Waals surface area contributed by atoms with E-state index in [0.717, 1.165) is 23.8 Å². The molecule has 1 nitrogen and oxygen atoms in total. The van der Waals surface area contributed by atoms with Crippen LogP contribution in [-0.2, 0) is 11.2 Å². The Hall–Kier alpha value is -2.15. The smallest absolute Gasteiger partial charge is 0.145 e. The van der Waals surface area contributed by atoms with Crippen LogP contribution in [0.3, 0.4) is 0 Å². The lowest BCUT2D eigenvalue weighted by Crippen LogP contribution is -1.87. The van der Waals surface area contributed by atoms with Crippen molar-refractivity contribution in [3.63, 3.8) is 0 Å². The molecule has 0 atom stereocenters. The summed E-state index contributed by atoms with van der Waals surface area (Å²) in [7, 11) is 0. The molecule has 0 radical (unpaired) electrons. The third-order valence-corrected chi connectivity index (χ3v) is 2.81. The summed E-state index contributed by atoms with van der Waals surface area (Å²) in [6.45, 7) is 1.81. The summed E-state index contributed by atoms with van der Waals surface area (Å²) in [5.41, 5.74) is 4.40. The summed E-state index contributed by atoms with van der Waals surface area (Å²) >= 11 is 0. The SMILES string of the molecule is C/C(C=O)=C\c1ccc(Cc2ccccc2)cc1. The largest absolute Gasteiger partial charge is 0.298 e. The predicted molar refractivity (Wildman–Crippen MR) is 75.4 cm³/mol. The predicted octanol–water partition coefficient (Wildman–Crippen LogP) is 3.88. The second-order valence-corrected chi connectivity index (χ2v) is 4.41. The van der Waals surface area contributed by atoms with E-state index in [1.54, 1.807) is 0 Å². The normalized spacial score (nSPS) is 11.3. The van der Waals surface area contributed by atoms with Crippen molar-refractivity contribution >= 4 is 12.4 Å². The lowest BCUT2D eigenvalue weighted by Gasteiger charge is -2.02. The van der Waals surface area contributed by atoms with E-state index in [2.05, 4.69) is 36.4 Å². The second-order valence-electron chi connectivity index (χ2n) is 4.41. The van der Waals surface area contributed by atoms with Crippen molar-refractivity contribution in [2.75, 3.05) is 0 Å². The van der Waals surface area contributed by atoms with Crippen molar-refractivity contribution in [1.29, 1.82) is 0 Å². The molecule has 0 aliphatic rings.